The summed E-state index contributed by atoms with van der Waals surface area (Å²) in [5, 5.41) is 7.10. The van der Waals surface area contributed by atoms with E-state index in [1.54, 1.807) is 0 Å². The second kappa shape index (κ2) is 10.7. The number of piperidine rings is 1. The van der Waals surface area contributed by atoms with Gasteiger partial charge in [-0.2, -0.15) is 0 Å². The first-order chi connectivity index (χ1) is 16.2. The van der Waals surface area contributed by atoms with Crippen LogP contribution >= 0.6 is 0 Å². The van der Waals surface area contributed by atoms with Gasteiger partial charge in [0, 0.05) is 51.7 Å². The molecule has 0 atom stereocenters. The van der Waals surface area contributed by atoms with Crippen LogP contribution in [0.3, 0.4) is 0 Å². The molecule has 4 N–H and O–H groups in total. The van der Waals surface area contributed by atoms with Crippen molar-refractivity contribution in [3.05, 3.63) is 72.3 Å². The van der Waals surface area contributed by atoms with Crippen LogP contribution in [0.4, 0.5) is 16.3 Å². The molecule has 0 saturated carbocycles. The number of aryl methyl sites for hydroxylation is 1. The van der Waals surface area contributed by atoms with Gasteiger partial charge in [-0.3, -0.25) is 0 Å². The summed E-state index contributed by atoms with van der Waals surface area (Å²) in [7, 11) is 2.00. The normalized spacial score (nSPS) is 14.8. The van der Waals surface area contributed by atoms with Crippen molar-refractivity contribution >= 4 is 22.9 Å². The van der Waals surface area contributed by atoms with Crippen molar-refractivity contribution in [3.8, 4) is 0 Å². The van der Waals surface area contributed by atoms with Crippen LogP contribution in [0, 0.1) is 5.82 Å². The summed E-state index contributed by atoms with van der Waals surface area (Å²) in [4.78, 5) is 11.7. The molecule has 2 aromatic carbocycles. The summed E-state index contributed by atoms with van der Waals surface area (Å²) in [6, 6.07) is 15.3. The quantitative estimate of drug-likeness (QED) is 0.417. The molecule has 1 fully saturated rings. The van der Waals surface area contributed by atoms with Crippen molar-refractivity contribution in [2.75, 3.05) is 36.8 Å². The Morgan fingerprint density at radius 1 is 1.03 bits per heavy atom. The molecule has 4 aromatic rings. The Bertz CT molecular complexity index is 1200. The molecule has 180 valence electrons. The largest absolute Gasteiger partial charge is 0.412 e. The summed E-state index contributed by atoms with van der Waals surface area (Å²) < 4.78 is 17.6. The van der Waals surface area contributed by atoms with E-state index in [1.165, 1.54) is 12.1 Å². The zero-order valence-electron chi connectivity index (χ0n) is 19.4. The smallest absolute Gasteiger partial charge is 0.204 e. The Balaban J connectivity index is 0.00000274. The summed E-state index contributed by atoms with van der Waals surface area (Å²) >= 11 is 0. The number of anilines is 2. The van der Waals surface area contributed by atoms with Crippen LogP contribution in [-0.4, -0.2) is 61.7 Å². The highest BCUT2D eigenvalue weighted by atomic mass is 19.1. The Kier molecular flexibility index (Phi) is 7.44. The van der Waals surface area contributed by atoms with E-state index < -0.39 is 0 Å². The molecule has 0 aliphatic carbocycles. The van der Waals surface area contributed by atoms with Gasteiger partial charge in [-0.05, 0) is 42.7 Å². The van der Waals surface area contributed by atoms with Gasteiger partial charge in [0.2, 0.25) is 11.9 Å². The molecule has 8 nitrogen and oxygen atoms in total. The monoisotopic (exact) mass is 465 g/mol. The number of hydrogen-bond donors (Lipinski definition) is 2. The molecular weight excluding hydrogens is 433 g/mol. The number of aromatic nitrogens is 4. The number of nitrogens with zero attached hydrogens (tertiary/aromatic N) is 5. The standard InChI is InChI=1S/C25H30FN7.H2O/c1-31-16-12-27-24(31)28-13-17-32-14-10-21(11-15-32)29-25-30-22-4-2-3-5-23(22)33(25)18-19-6-8-20(26)9-7-19;/h2-9,12,16,21H,10-11,13-15,17-18H2,1H3,(H,27,28)(H,29,30);1H2. The molecule has 0 bridgehead atoms. The van der Waals surface area contributed by atoms with Crippen LogP contribution in [0.2, 0.25) is 0 Å². The minimum absolute atomic E-state index is 0. The number of para-hydroxylation sites is 2. The fourth-order valence-electron chi connectivity index (χ4n) is 4.46. The summed E-state index contributed by atoms with van der Waals surface area (Å²) in [5.74, 6) is 1.58. The van der Waals surface area contributed by atoms with E-state index >= 15 is 0 Å². The first kappa shape index (κ1) is 23.7. The average Bonchev–Trinajstić information content (AvgIpc) is 3.39. The molecule has 5 rings (SSSR count). The van der Waals surface area contributed by atoms with Crippen molar-refractivity contribution < 1.29 is 9.87 Å². The first-order valence-corrected chi connectivity index (χ1v) is 11.6. The van der Waals surface area contributed by atoms with Crippen LogP contribution in [0.1, 0.15) is 18.4 Å². The van der Waals surface area contributed by atoms with Gasteiger partial charge in [-0.15, -0.1) is 0 Å². The highest BCUT2D eigenvalue weighted by Gasteiger charge is 2.21. The number of fused-ring (bicyclic) bond motifs is 1. The third-order valence-corrected chi connectivity index (χ3v) is 6.36. The lowest BCUT2D eigenvalue weighted by Gasteiger charge is -2.32. The number of imidazole rings is 2. The van der Waals surface area contributed by atoms with Crippen molar-refractivity contribution in [1.82, 2.24) is 24.0 Å². The maximum absolute atomic E-state index is 13.4. The van der Waals surface area contributed by atoms with E-state index in [2.05, 4.69) is 31.2 Å². The lowest BCUT2D eigenvalue weighted by molar-refractivity contribution is 0.226. The van der Waals surface area contributed by atoms with Crippen LogP contribution < -0.4 is 10.6 Å². The second-order valence-corrected chi connectivity index (χ2v) is 8.69. The lowest BCUT2D eigenvalue weighted by atomic mass is 10.1. The van der Waals surface area contributed by atoms with Gasteiger partial charge < -0.3 is 30.1 Å². The molecule has 34 heavy (non-hydrogen) atoms. The molecular formula is C25H32FN7O. The third kappa shape index (κ3) is 5.37. The van der Waals surface area contributed by atoms with E-state index in [0.717, 1.165) is 67.5 Å². The zero-order valence-corrected chi connectivity index (χ0v) is 19.4. The van der Waals surface area contributed by atoms with Gasteiger partial charge in [0.25, 0.3) is 0 Å². The van der Waals surface area contributed by atoms with Crippen LogP contribution in [0.25, 0.3) is 11.0 Å². The van der Waals surface area contributed by atoms with Crippen LogP contribution in [-0.2, 0) is 13.6 Å². The van der Waals surface area contributed by atoms with Gasteiger partial charge in [-0.1, -0.05) is 24.3 Å². The Morgan fingerprint density at radius 2 is 1.79 bits per heavy atom. The molecule has 2 aromatic heterocycles. The van der Waals surface area contributed by atoms with E-state index in [4.69, 9.17) is 4.98 Å². The molecule has 0 radical (unpaired) electrons. The first-order valence-electron chi connectivity index (χ1n) is 11.6. The van der Waals surface area contributed by atoms with Gasteiger partial charge >= 0.3 is 0 Å². The minimum Gasteiger partial charge on any atom is -0.412 e. The molecule has 1 saturated heterocycles. The molecule has 9 heteroatoms. The number of likely N-dealkylation sites (tertiary alicyclic amines) is 1. The number of benzene rings is 2. The molecule has 1 aliphatic heterocycles. The van der Waals surface area contributed by atoms with Crippen LogP contribution in [0.15, 0.2) is 60.9 Å². The highest BCUT2D eigenvalue weighted by molar-refractivity contribution is 5.78. The topological polar surface area (TPSA) is 94.4 Å². The highest BCUT2D eigenvalue weighted by Crippen LogP contribution is 2.24. The number of rotatable bonds is 8. The second-order valence-electron chi connectivity index (χ2n) is 8.69. The van der Waals surface area contributed by atoms with Crippen LogP contribution in [0.5, 0.6) is 0 Å². The minimum atomic E-state index is -0.213. The van der Waals surface area contributed by atoms with Crippen molar-refractivity contribution in [2.45, 2.75) is 25.4 Å². The maximum Gasteiger partial charge on any atom is 0.204 e. The lowest BCUT2D eigenvalue weighted by Crippen LogP contribution is -2.41. The predicted octanol–water partition coefficient (Wildman–Crippen LogP) is 3.12. The number of nitrogens with one attached hydrogen (secondary N) is 2. The molecule has 3 heterocycles. The Labute approximate surface area is 198 Å². The summed E-state index contributed by atoms with van der Waals surface area (Å²) in [6.07, 6.45) is 5.90. The Hall–Kier alpha value is -3.43. The number of halogens is 1. The van der Waals surface area contributed by atoms with Gasteiger partial charge in [0.1, 0.15) is 5.82 Å². The fraction of sp³-hybridized carbons (Fsp3) is 0.360. The molecule has 0 spiro atoms. The third-order valence-electron chi connectivity index (χ3n) is 6.36. The van der Waals surface area contributed by atoms with E-state index in [-0.39, 0.29) is 11.3 Å². The molecule has 0 amide bonds. The number of hydrogen-bond acceptors (Lipinski definition) is 5. The van der Waals surface area contributed by atoms with Crippen molar-refractivity contribution in [3.63, 3.8) is 0 Å². The molecule has 1 aliphatic rings. The fourth-order valence-corrected chi connectivity index (χ4v) is 4.46. The Morgan fingerprint density at radius 3 is 2.53 bits per heavy atom. The van der Waals surface area contributed by atoms with Gasteiger partial charge in [0.05, 0.1) is 17.6 Å². The van der Waals surface area contributed by atoms with E-state index in [0.29, 0.717) is 12.6 Å². The van der Waals surface area contributed by atoms with E-state index in [1.807, 2.05) is 54.3 Å². The maximum atomic E-state index is 13.4. The SMILES string of the molecule is Cn1ccnc1NCCN1CCC(Nc2nc3ccccc3n2Cc2ccc(F)cc2)CC1.O. The van der Waals surface area contributed by atoms with Gasteiger partial charge in [-0.25, -0.2) is 14.4 Å². The van der Waals surface area contributed by atoms with Gasteiger partial charge in [0.15, 0.2) is 0 Å². The zero-order chi connectivity index (χ0) is 22.6. The molecule has 0 unspecified atom stereocenters. The predicted molar refractivity (Wildman–Crippen MR) is 134 cm³/mol. The summed E-state index contributed by atoms with van der Waals surface area (Å²) in [5.41, 5.74) is 3.11. The van der Waals surface area contributed by atoms with Crippen molar-refractivity contribution in [2.24, 2.45) is 7.05 Å². The summed E-state index contributed by atoms with van der Waals surface area (Å²) in [6.45, 7) is 4.65. The van der Waals surface area contributed by atoms with Crippen molar-refractivity contribution in [1.29, 1.82) is 0 Å². The van der Waals surface area contributed by atoms with E-state index in [9.17, 15) is 4.39 Å². The average molecular weight is 466 g/mol.